The molecule has 0 saturated carbocycles. The molecule has 0 aliphatic carbocycles. The van der Waals surface area contributed by atoms with E-state index in [2.05, 4.69) is 27.4 Å². The maximum absolute atomic E-state index is 11.5. The van der Waals surface area contributed by atoms with E-state index in [1.165, 1.54) is 6.26 Å². The summed E-state index contributed by atoms with van der Waals surface area (Å²) >= 11 is 0. The molecule has 102 valence electrons. The first kappa shape index (κ1) is 13.5. The summed E-state index contributed by atoms with van der Waals surface area (Å²) in [4.78, 5) is 4.54. The Bertz CT molecular complexity index is 664. The fourth-order valence-electron chi connectivity index (χ4n) is 1.58. The van der Waals surface area contributed by atoms with Gasteiger partial charge in [-0.1, -0.05) is 19.1 Å². The highest BCUT2D eigenvalue weighted by Crippen LogP contribution is 2.19. The van der Waals surface area contributed by atoms with Crippen LogP contribution >= 0.6 is 0 Å². The molecule has 0 spiro atoms. The van der Waals surface area contributed by atoms with Gasteiger partial charge in [-0.05, 0) is 18.6 Å². The second-order valence-electron chi connectivity index (χ2n) is 4.23. The Morgan fingerprint density at radius 2 is 2.16 bits per heavy atom. The number of nitrogens with zero attached hydrogens (tertiary/aromatic N) is 2. The van der Waals surface area contributed by atoms with Crippen LogP contribution in [0.3, 0.4) is 0 Å². The molecule has 0 unspecified atom stereocenters. The van der Waals surface area contributed by atoms with Gasteiger partial charge in [-0.15, -0.1) is 5.10 Å². The van der Waals surface area contributed by atoms with Crippen molar-refractivity contribution < 1.29 is 8.42 Å². The number of aromatic amines is 1. The molecule has 0 saturated heterocycles. The third kappa shape index (κ3) is 3.31. The highest BCUT2D eigenvalue weighted by atomic mass is 32.2. The largest absolute Gasteiger partial charge is 0.353 e. The smallest absolute Gasteiger partial charge is 0.242 e. The summed E-state index contributed by atoms with van der Waals surface area (Å²) in [6.45, 7) is 2.84. The minimum atomic E-state index is -3.22. The molecular formula is C12H16N4O2S. The third-order valence-electron chi connectivity index (χ3n) is 2.55. The van der Waals surface area contributed by atoms with Gasteiger partial charge in [0.25, 0.3) is 0 Å². The van der Waals surface area contributed by atoms with Crippen LogP contribution < -0.4 is 5.32 Å². The minimum Gasteiger partial charge on any atom is -0.353 e. The van der Waals surface area contributed by atoms with Crippen LogP contribution in [0.5, 0.6) is 0 Å². The molecule has 2 rings (SSSR count). The average molecular weight is 280 g/mol. The van der Waals surface area contributed by atoms with E-state index in [4.69, 9.17) is 0 Å². The molecular weight excluding hydrogens is 264 g/mol. The Morgan fingerprint density at radius 3 is 2.84 bits per heavy atom. The van der Waals surface area contributed by atoms with Crippen molar-refractivity contribution in [1.82, 2.24) is 15.2 Å². The number of benzene rings is 1. The Balaban J connectivity index is 2.29. The molecule has 0 radical (unpaired) electrons. The van der Waals surface area contributed by atoms with Crippen molar-refractivity contribution in [3.05, 3.63) is 24.3 Å². The average Bonchev–Trinajstić information content (AvgIpc) is 2.84. The van der Waals surface area contributed by atoms with Gasteiger partial charge in [-0.25, -0.2) is 8.42 Å². The summed E-state index contributed by atoms with van der Waals surface area (Å²) in [5.74, 6) is 1.06. The van der Waals surface area contributed by atoms with Gasteiger partial charge in [0.15, 0.2) is 15.7 Å². The standard InChI is InChI=1S/C12H16N4O2S/c1-3-7-13-12-14-11(15-16-12)9-5-4-6-10(8-9)19(2,17)18/h4-6,8H,3,7H2,1-2H3,(H2,13,14,15,16). The van der Waals surface area contributed by atoms with Crippen molar-refractivity contribution in [3.8, 4) is 11.4 Å². The zero-order chi connectivity index (χ0) is 13.9. The summed E-state index contributed by atoms with van der Waals surface area (Å²) < 4.78 is 23.0. The van der Waals surface area contributed by atoms with Gasteiger partial charge in [0.1, 0.15) is 0 Å². The van der Waals surface area contributed by atoms with Crippen LogP contribution in [0.25, 0.3) is 11.4 Å². The van der Waals surface area contributed by atoms with Crippen molar-refractivity contribution in [2.24, 2.45) is 0 Å². The van der Waals surface area contributed by atoms with Gasteiger partial charge in [0, 0.05) is 18.4 Å². The highest BCUT2D eigenvalue weighted by Gasteiger charge is 2.10. The molecule has 0 bridgehead atoms. The highest BCUT2D eigenvalue weighted by molar-refractivity contribution is 7.90. The van der Waals surface area contributed by atoms with E-state index < -0.39 is 9.84 Å². The summed E-state index contributed by atoms with van der Waals surface area (Å²) in [7, 11) is -3.22. The number of hydrogen-bond donors (Lipinski definition) is 2. The molecule has 0 amide bonds. The monoisotopic (exact) mass is 280 g/mol. The number of nitrogens with one attached hydrogen (secondary N) is 2. The van der Waals surface area contributed by atoms with Crippen LogP contribution in [0, 0.1) is 0 Å². The number of hydrogen-bond acceptors (Lipinski definition) is 5. The number of sulfone groups is 1. The second kappa shape index (κ2) is 5.40. The number of aromatic nitrogens is 3. The van der Waals surface area contributed by atoms with Crippen LogP contribution in [0.1, 0.15) is 13.3 Å². The van der Waals surface area contributed by atoms with E-state index >= 15 is 0 Å². The Hall–Kier alpha value is -1.89. The lowest BCUT2D eigenvalue weighted by Gasteiger charge is -2.00. The van der Waals surface area contributed by atoms with Crippen molar-refractivity contribution in [1.29, 1.82) is 0 Å². The van der Waals surface area contributed by atoms with Gasteiger partial charge in [0.05, 0.1) is 4.90 Å². The number of anilines is 1. The molecule has 1 heterocycles. The zero-order valence-electron chi connectivity index (χ0n) is 10.8. The fraction of sp³-hybridized carbons (Fsp3) is 0.333. The lowest BCUT2D eigenvalue weighted by atomic mass is 10.2. The van der Waals surface area contributed by atoms with E-state index in [1.54, 1.807) is 24.3 Å². The molecule has 2 N–H and O–H groups in total. The Labute approximate surface area is 112 Å². The topological polar surface area (TPSA) is 87.7 Å². The molecule has 0 aliphatic heterocycles. The van der Waals surface area contributed by atoms with E-state index in [0.29, 0.717) is 17.3 Å². The third-order valence-corrected chi connectivity index (χ3v) is 3.66. The van der Waals surface area contributed by atoms with Gasteiger partial charge in [-0.3, -0.25) is 5.10 Å². The SMILES string of the molecule is CCCNc1n[nH]c(-c2cccc(S(C)(=O)=O)c2)n1. The van der Waals surface area contributed by atoms with E-state index in [1.807, 2.05) is 0 Å². The molecule has 7 heteroatoms. The van der Waals surface area contributed by atoms with Gasteiger partial charge >= 0.3 is 0 Å². The van der Waals surface area contributed by atoms with Crippen molar-refractivity contribution in [2.45, 2.75) is 18.2 Å². The van der Waals surface area contributed by atoms with Gasteiger partial charge in [0.2, 0.25) is 5.95 Å². The first-order valence-electron chi connectivity index (χ1n) is 5.97. The van der Waals surface area contributed by atoms with Gasteiger partial charge < -0.3 is 5.32 Å². The van der Waals surface area contributed by atoms with Crippen LogP contribution in [-0.4, -0.2) is 36.4 Å². The van der Waals surface area contributed by atoms with Gasteiger partial charge in [-0.2, -0.15) is 4.98 Å². The van der Waals surface area contributed by atoms with E-state index in [0.717, 1.165) is 13.0 Å². The lowest BCUT2D eigenvalue weighted by molar-refractivity contribution is 0.602. The molecule has 2 aromatic rings. The minimum absolute atomic E-state index is 0.268. The lowest BCUT2D eigenvalue weighted by Crippen LogP contribution is -2.01. The maximum Gasteiger partial charge on any atom is 0.242 e. The first-order chi connectivity index (χ1) is 9.00. The molecule has 1 aromatic carbocycles. The second-order valence-corrected chi connectivity index (χ2v) is 6.25. The quantitative estimate of drug-likeness (QED) is 0.870. The fourth-order valence-corrected chi connectivity index (χ4v) is 2.25. The maximum atomic E-state index is 11.5. The predicted molar refractivity (Wildman–Crippen MR) is 73.7 cm³/mol. The molecule has 19 heavy (non-hydrogen) atoms. The number of H-pyrrole nitrogens is 1. The van der Waals surface area contributed by atoms with Crippen molar-refractivity contribution >= 4 is 15.8 Å². The molecule has 0 aliphatic rings. The zero-order valence-corrected chi connectivity index (χ0v) is 11.7. The summed E-state index contributed by atoms with van der Waals surface area (Å²) in [6.07, 6.45) is 2.16. The normalized spacial score (nSPS) is 11.5. The summed E-state index contributed by atoms with van der Waals surface area (Å²) in [6, 6.07) is 6.62. The Morgan fingerprint density at radius 1 is 1.37 bits per heavy atom. The summed E-state index contributed by atoms with van der Waals surface area (Å²) in [5, 5.41) is 9.87. The Kier molecular flexibility index (Phi) is 3.84. The molecule has 0 fully saturated rings. The van der Waals surface area contributed by atoms with Crippen LogP contribution in [0.15, 0.2) is 29.2 Å². The molecule has 0 atom stereocenters. The summed E-state index contributed by atoms with van der Waals surface area (Å²) in [5.41, 5.74) is 0.694. The van der Waals surface area contributed by atoms with Crippen molar-refractivity contribution in [2.75, 3.05) is 18.1 Å². The van der Waals surface area contributed by atoms with Crippen LogP contribution in [0.4, 0.5) is 5.95 Å². The van der Waals surface area contributed by atoms with Crippen LogP contribution in [0.2, 0.25) is 0 Å². The molecule has 1 aromatic heterocycles. The number of rotatable bonds is 5. The first-order valence-corrected chi connectivity index (χ1v) is 7.86. The predicted octanol–water partition coefficient (Wildman–Crippen LogP) is 1.70. The van der Waals surface area contributed by atoms with Crippen molar-refractivity contribution in [3.63, 3.8) is 0 Å². The van der Waals surface area contributed by atoms with E-state index in [-0.39, 0.29) is 4.90 Å². The van der Waals surface area contributed by atoms with Crippen LogP contribution in [-0.2, 0) is 9.84 Å². The van der Waals surface area contributed by atoms with E-state index in [9.17, 15) is 8.42 Å². The molecule has 6 nitrogen and oxygen atoms in total.